The van der Waals surface area contributed by atoms with Crippen LogP contribution in [-0.2, 0) is 32.2 Å². The molecule has 36 heavy (non-hydrogen) atoms. The van der Waals surface area contributed by atoms with E-state index < -0.39 is 29.2 Å². The standard InChI is InChI=1S/C21H23N7O5S3/c1-9-16(28(2)5-4-12-10(6-28)23-8-35-12)15(20(31)32)27-18(30)14(19(27)36-9)25-17(29)13(26-33-3)11-7-34-21(22)24-11/h7-9,14,19H,4-6H2,1-3H3,(H3-,22,24,25,29,31,32)/b26-13-/t9?,14?,19-,28?/m1/s1. The van der Waals surface area contributed by atoms with Crippen molar-refractivity contribution in [1.82, 2.24) is 20.2 Å². The number of likely N-dealkylation sites (N-methyl/N-ethyl adjacent to an activating group) is 1. The number of carboxylic acids is 1. The second-order valence-corrected chi connectivity index (χ2v) is 12.1. The number of rotatable bonds is 6. The molecule has 12 nitrogen and oxygen atoms in total. The number of carbonyl (C=O) groups excluding carboxylic acids is 3. The van der Waals surface area contributed by atoms with Crippen LogP contribution in [0.25, 0.3) is 0 Å². The molecule has 0 spiro atoms. The van der Waals surface area contributed by atoms with Gasteiger partial charge in [0, 0.05) is 16.7 Å². The number of β-lactam (4-membered cyclic amide) rings is 1. The van der Waals surface area contributed by atoms with Gasteiger partial charge in [-0.25, -0.2) is 9.97 Å². The average molecular weight is 550 g/mol. The molecule has 1 fully saturated rings. The Kier molecular flexibility index (Phi) is 6.26. The summed E-state index contributed by atoms with van der Waals surface area (Å²) in [6, 6.07) is -0.948. The van der Waals surface area contributed by atoms with Crippen LogP contribution in [0.4, 0.5) is 5.13 Å². The maximum Gasteiger partial charge on any atom is 0.276 e. The Morgan fingerprint density at radius 3 is 2.83 bits per heavy atom. The van der Waals surface area contributed by atoms with Crippen LogP contribution in [0.2, 0.25) is 0 Å². The van der Waals surface area contributed by atoms with E-state index in [-0.39, 0.29) is 27.5 Å². The summed E-state index contributed by atoms with van der Waals surface area (Å²) in [5, 5.41) is 19.8. The largest absolute Gasteiger partial charge is 0.543 e. The summed E-state index contributed by atoms with van der Waals surface area (Å²) < 4.78 is 0.331. The average Bonchev–Trinajstić information content (AvgIpc) is 3.47. The van der Waals surface area contributed by atoms with Gasteiger partial charge in [0.25, 0.3) is 11.8 Å². The van der Waals surface area contributed by atoms with E-state index in [1.54, 1.807) is 22.2 Å². The van der Waals surface area contributed by atoms with Crippen molar-refractivity contribution < 1.29 is 28.8 Å². The molecule has 0 aromatic carbocycles. The van der Waals surface area contributed by atoms with Gasteiger partial charge in [-0.15, -0.1) is 34.4 Å². The molecule has 1 saturated heterocycles. The lowest BCUT2D eigenvalue weighted by Gasteiger charge is -2.54. The minimum absolute atomic E-state index is 0.124. The topological polar surface area (TPSA) is 163 Å². The molecule has 5 heterocycles. The van der Waals surface area contributed by atoms with Gasteiger partial charge in [0.2, 0.25) is 0 Å². The van der Waals surface area contributed by atoms with Crippen LogP contribution >= 0.6 is 34.4 Å². The van der Waals surface area contributed by atoms with Gasteiger partial charge in [-0.3, -0.25) is 19.0 Å². The molecule has 2 amide bonds. The van der Waals surface area contributed by atoms with E-state index in [9.17, 15) is 19.5 Å². The van der Waals surface area contributed by atoms with Gasteiger partial charge in [-0.2, -0.15) is 0 Å². The number of quaternary nitrogens is 1. The third-order valence-electron chi connectivity index (χ3n) is 6.54. The number of nitrogen functional groups attached to an aromatic ring is 1. The molecule has 5 rings (SSSR count). The maximum absolute atomic E-state index is 13.2. The molecule has 0 bridgehead atoms. The van der Waals surface area contributed by atoms with E-state index >= 15 is 0 Å². The van der Waals surface area contributed by atoms with Crippen LogP contribution in [0.1, 0.15) is 23.2 Å². The summed E-state index contributed by atoms with van der Waals surface area (Å²) in [4.78, 5) is 54.3. The smallest absolute Gasteiger partial charge is 0.276 e. The van der Waals surface area contributed by atoms with E-state index in [0.717, 1.165) is 23.5 Å². The van der Waals surface area contributed by atoms with Crippen LogP contribution in [0, 0.1) is 0 Å². The Balaban J connectivity index is 1.43. The number of nitrogens with two attached hydrogens (primary N) is 1. The maximum atomic E-state index is 13.2. The van der Waals surface area contributed by atoms with Crippen molar-refractivity contribution in [3.63, 3.8) is 0 Å². The highest BCUT2D eigenvalue weighted by Gasteiger charge is 2.58. The number of aromatic nitrogens is 2. The Morgan fingerprint density at radius 1 is 1.39 bits per heavy atom. The summed E-state index contributed by atoms with van der Waals surface area (Å²) in [5.41, 5.74) is 9.00. The number of aliphatic carboxylic acids is 1. The zero-order valence-corrected chi connectivity index (χ0v) is 22.0. The van der Waals surface area contributed by atoms with Gasteiger partial charge in [-0.05, 0) is 6.92 Å². The quantitative estimate of drug-likeness (QED) is 0.209. The molecule has 0 aliphatic carbocycles. The summed E-state index contributed by atoms with van der Waals surface area (Å²) >= 11 is 4.16. The zero-order chi connectivity index (χ0) is 25.8. The molecular weight excluding hydrogens is 526 g/mol. The van der Waals surface area contributed by atoms with E-state index in [4.69, 9.17) is 10.6 Å². The van der Waals surface area contributed by atoms with Gasteiger partial charge in [0.05, 0.1) is 30.3 Å². The van der Waals surface area contributed by atoms with Crippen molar-refractivity contribution in [2.24, 2.45) is 5.16 Å². The van der Waals surface area contributed by atoms with Crippen LogP contribution in [0.5, 0.6) is 0 Å². The number of nitrogens with zero attached hydrogens (tertiary/aromatic N) is 5. The summed E-state index contributed by atoms with van der Waals surface area (Å²) in [6.07, 6.45) is 0.774. The normalized spacial score (nSPS) is 27.8. The number of oxime groups is 1. The molecule has 2 aromatic rings. The van der Waals surface area contributed by atoms with Crippen molar-refractivity contribution in [1.29, 1.82) is 0 Å². The molecule has 4 atom stereocenters. The molecule has 15 heteroatoms. The highest BCUT2D eigenvalue weighted by Crippen LogP contribution is 2.47. The van der Waals surface area contributed by atoms with Crippen molar-refractivity contribution >= 4 is 63.1 Å². The van der Waals surface area contributed by atoms with Crippen molar-refractivity contribution in [3.05, 3.63) is 38.5 Å². The number of thioether (sulfide) groups is 1. The highest BCUT2D eigenvalue weighted by molar-refractivity contribution is 8.00. The first-order valence-electron chi connectivity index (χ1n) is 11.0. The third kappa shape index (κ3) is 3.95. The van der Waals surface area contributed by atoms with Gasteiger partial charge in [0.15, 0.2) is 10.8 Å². The number of nitrogens with one attached hydrogen (secondary N) is 1. The molecule has 190 valence electrons. The predicted octanol–water partition coefficient (Wildman–Crippen LogP) is -0.515. The van der Waals surface area contributed by atoms with Crippen molar-refractivity contribution in [2.45, 2.75) is 36.6 Å². The third-order valence-corrected chi connectivity index (χ3v) is 9.54. The lowest BCUT2D eigenvalue weighted by atomic mass is 10.00. The van der Waals surface area contributed by atoms with E-state index in [2.05, 4.69) is 20.4 Å². The monoisotopic (exact) mass is 549 g/mol. The van der Waals surface area contributed by atoms with Crippen LogP contribution in [-0.4, -0.2) is 80.2 Å². The molecule has 2 aromatic heterocycles. The Bertz CT molecular complexity index is 1320. The van der Waals surface area contributed by atoms with Gasteiger partial charge in [0.1, 0.15) is 47.9 Å². The Labute approximate surface area is 218 Å². The summed E-state index contributed by atoms with van der Waals surface area (Å²) in [7, 11) is 3.25. The number of anilines is 1. The number of carboxylic acid groups (broad SMARTS) is 1. The number of thiazole rings is 2. The Morgan fingerprint density at radius 2 is 2.17 bits per heavy atom. The zero-order valence-electron chi connectivity index (χ0n) is 19.6. The first-order valence-corrected chi connectivity index (χ1v) is 13.7. The van der Waals surface area contributed by atoms with Crippen LogP contribution in [0.3, 0.4) is 0 Å². The van der Waals surface area contributed by atoms with Crippen LogP contribution < -0.4 is 16.2 Å². The van der Waals surface area contributed by atoms with Gasteiger partial charge < -0.3 is 25.8 Å². The number of fused-ring (bicyclic) bond motifs is 2. The first kappa shape index (κ1) is 24.7. The SMILES string of the molecule is CO/N=C(\C(=O)NC1C(=O)N2C(C(=O)[O-])=C([N+]3(C)CCc4scnc4C3)C(C)S[C@H]12)c1csc(N)n1. The fourth-order valence-corrected chi connectivity index (χ4v) is 7.86. The summed E-state index contributed by atoms with van der Waals surface area (Å²) in [6.45, 7) is 3.14. The van der Waals surface area contributed by atoms with Crippen molar-refractivity contribution in [2.75, 3.05) is 26.4 Å². The number of carbonyl (C=O) groups is 3. The highest BCUT2D eigenvalue weighted by atomic mass is 32.2. The minimum atomic E-state index is -1.41. The fraction of sp³-hybridized carbons (Fsp3) is 0.429. The second-order valence-electron chi connectivity index (χ2n) is 8.79. The van der Waals surface area contributed by atoms with Crippen molar-refractivity contribution in [3.8, 4) is 0 Å². The van der Waals surface area contributed by atoms with E-state index in [1.165, 1.54) is 28.6 Å². The van der Waals surface area contributed by atoms with Gasteiger partial charge in [-0.1, -0.05) is 5.16 Å². The molecule has 3 aliphatic rings. The van der Waals surface area contributed by atoms with Gasteiger partial charge >= 0.3 is 0 Å². The van der Waals surface area contributed by atoms with E-state index in [0.29, 0.717) is 23.3 Å². The molecule has 3 aliphatic heterocycles. The Hall–Kier alpha value is -3.01. The number of hydrogen-bond acceptors (Lipinski definition) is 12. The molecule has 3 unspecified atom stereocenters. The second kappa shape index (κ2) is 9.14. The fourth-order valence-electron chi connectivity index (χ4n) is 4.95. The number of hydrogen-bond donors (Lipinski definition) is 2. The molecular formula is C21H23N7O5S3. The summed E-state index contributed by atoms with van der Waals surface area (Å²) in [5.74, 6) is -2.62. The lowest BCUT2D eigenvalue weighted by Crippen LogP contribution is -2.73. The predicted molar refractivity (Wildman–Crippen MR) is 132 cm³/mol. The number of amides is 2. The lowest BCUT2D eigenvalue weighted by molar-refractivity contribution is -0.889. The van der Waals surface area contributed by atoms with Crippen LogP contribution in [0.15, 0.2) is 27.4 Å². The van der Waals surface area contributed by atoms with E-state index in [1.807, 2.05) is 14.0 Å². The minimum Gasteiger partial charge on any atom is -0.543 e. The molecule has 0 radical (unpaired) electrons. The first-order chi connectivity index (χ1) is 17.1. The molecule has 3 N–H and O–H groups in total. The molecule has 0 saturated carbocycles.